The Kier molecular flexibility index (Phi) is 5.76. The van der Waals surface area contributed by atoms with Crippen LogP contribution in [-0.4, -0.2) is 14.5 Å². The number of halogens is 1. The van der Waals surface area contributed by atoms with Crippen LogP contribution in [0, 0.1) is 5.82 Å². The summed E-state index contributed by atoms with van der Waals surface area (Å²) >= 11 is 2.84. The maximum absolute atomic E-state index is 13.7. The van der Waals surface area contributed by atoms with Gasteiger partial charge in [-0.3, -0.25) is 9.36 Å². The van der Waals surface area contributed by atoms with E-state index < -0.39 is 0 Å². The van der Waals surface area contributed by atoms with Gasteiger partial charge in [0.05, 0.1) is 5.52 Å². The van der Waals surface area contributed by atoms with Gasteiger partial charge in [0.1, 0.15) is 15.3 Å². The Morgan fingerprint density at radius 3 is 2.75 bits per heavy atom. The van der Waals surface area contributed by atoms with Crippen molar-refractivity contribution in [1.29, 1.82) is 0 Å². The monoisotopic (exact) mass is 461 g/mol. The molecule has 0 saturated heterocycles. The Hall–Kier alpha value is -3.03. The second-order valence-electron chi connectivity index (χ2n) is 7.68. The number of rotatable bonds is 6. The van der Waals surface area contributed by atoms with Crippen LogP contribution in [0.4, 0.5) is 4.39 Å². The van der Waals surface area contributed by atoms with Crippen LogP contribution in [0.5, 0.6) is 0 Å². The summed E-state index contributed by atoms with van der Waals surface area (Å²) in [6.07, 6.45) is 1.73. The molecule has 0 amide bonds. The number of hydrogen-bond donors (Lipinski definition) is 0. The molecule has 160 valence electrons. The Labute approximate surface area is 192 Å². The Balaban J connectivity index is 1.60. The second kappa shape index (κ2) is 8.84. The molecule has 0 bridgehead atoms. The van der Waals surface area contributed by atoms with Crippen LogP contribution in [-0.2, 0) is 12.3 Å². The molecule has 0 saturated carbocycles. The highest BCUT2D eigenvalue weighted by molar-refractivity contribution is 7.98. The molecule has 3 heterocycles. The van der Waals surface area contributed by atoms with Gasteiger partial charge in [-0.1, -0.05) is 61.2 Å². The van der Waals surface area contributed by atoms with Crippen LogP contribution < -0.4 is 5.56 Å². The van der Waals surface area contributed by atoms with E-state index in [1.165, 1.54) is 40.8 Å². The summed E-state index contributed by atoms with van der Waals surface area (Å²) < 4.78 is 16.0. The predicted octanol–water partition coefficient (Wildman–Crippen LogP) is 6.24. The molecule has 3 aromatic heterocycles. The van der Waals surface area contributed by atoms with E-state index in [1.807, 2.05) is 36.4 Å². The molecule has 0 radical (unpaired) electrons. The zero-order valence-corrected chi connectivity index (χ0v) is 19.0. The van der Waals surface area contributed by atoms with Gasteiger partial charge < -0.3 is 0 Å². The maximum atomic E-state index is 13.7. The number of fused-ring (bicyclic) bond motifs is 3. The minimum atomic E-state index is -0.267. The van der Waals surface area contributed by atoms with E-state index in [1.54, 1.807) is 16.8 Å². The van der Waals surface area contributed by atoms with E-state index in [2.05, 4.69) is 24.0 Å². The van der Waals surface area contributed by atoms with E-state index in [9.17, 15) is 9.18 Å². The fraction of sp³-hybridized carbons (Fsp3) is 0.160. The molecular weight excluding hydrogens is 441 g/mol. The third kappa shape index (κ3) is 4.06. The number of pyridine rings is 1. The minimum absolute atomic E-state index is 0.0532. The molecule has 0 N–H and O–H groups in total. The SMILES string of the molecule is C[C@H](Cn1c(SCc2cccc(F)c2)nc2c(sc3ncccc32)c1=O)c1ccccc1. The van der Waals surface area contributed by atoms with Crippen LogP contribution in [0.15, 0.2) is 82.9 Å². The average Bonchev–Trinajstić information content (AvgIpc) is 3.19. The van der Waals surface area contributed by atoms with Crippen molar-refractivity contribution in [3.63, 3.8) is 0 Å². The Morgan fingerprint density at radius 1 is 1.09 bits per heavy atom. The molecule has 4 nitrogen and oxygen atoms in total. The molecule has 7 heteroatoms. The molecule has 0 fully saturated rings. The normalized spacial score (nSPS) is 12.4. The summed E-state index contributed by atoms with van der Waals surface area (Å²) in [5.41, 5.74) is 2.65. The lowest BCUT2D eigenvalue weighted by Gasteiger charge is -2.17. The van der Waals surface area contributed by atoms with Gasteiger partial charge in [0.2, 0.25) is 0 Å². The van der Waals surface area contributed by atoms with Crippen molar-refractivity contribution >= 4 is 43.5 Å². The molecular formula is C25H20FN3OS2. The molecule has 0 aliphatic heterocycles. The molecule has 5 aromatic rings. The van der Waals surface area contributed by atoms with Crippen LogP contribution >= 0.6 is 23.1 Å². The van der Waals surface area contributed by atoms with Gasteiger partial charge in [-0.25, -0.2) is 14.4 Å². The summed E-state index contributed by atoms with van der Waals surface area (Å²) in [5, 5.41) is 1.53. The number of benzene rings is 2. The summed E-state index contributed by atoms with van der Waals surface area (Å²) in [6, 6.07) is 20.5. The molecule has 0 aliphatic rings. The predicted molar refractivity (Wildman–Crippen MR) is 130 cm³/mol. The topological polar surface area (TPSA) is 47.8 Å². The van der Waals surface area contributed by atoms with Crippen molar-refractivity contribution in [3.05, 3.63) is 100 Å². The number of aromatic nitrogens is 3. The smallest absolute Gasteiger partial charge is 0.272 e. The Bertz CT molecular complexity index is 1460. The van der Waals surface area contributed by atoms with E-state index in [4.69, 9.17) is 4.98 Å². The average molecular weight is 462 g/mol. The number of thiophene rings is 1. The fourth-order valence-electron chi connectivity index (χ4n) is 3.75. The first-order valence-electron chi connectivity index (χ1n) is 10.3. The first-order chi connectivity index (χ1) is 15.6. The molecule has 0 spiro atoms. The number of thioether (sulfide) groups is 1. The van der Waals surface area contributed by atoms with E-state index in [0.29, 0.717) is 27.7 Å². The maximum Gasteiger partial charge on any atom is 0.272 e. The van der Waals surface area contributed by atoms with Gasteiger partial charge in [-0.2, -0.15) is 0 Å². The first-order valence-corrected chi connectivity index (χ1v) is 12.1. The van der Waals surface area contributed by atoms with Gasteiger partial charge in [0, 0.05) is 23.9 Å². The van der Waals surface area contributed by atoms with Crippen molar-refractivity contribution in [1.82, 2.24) is 14.5 Å². The van der Waals surface area contributed by atoms with Gasteiger partial charge in [-0.05, 0) is 41.3 Å². The van der Waals surface area contributed by atoms with Crippen LogP contribution in [0.3, 0.4) is 0 Å². The summed E-state index contributed by atoms with van der Waals surface area (Å²) in [4.78, 5) is 23.7. The highest BCUT2D eigenvalue weighted by atomic mass is 32.2. The van der Waals surface area contributed by atoms with Crippen LogP contribution in [0.25, 0.3) is 20.4 Å². The lowest BCUT2D eigenvalue weighted by molar-refractivity contribution is 0.532. The highest BCUT2D eigenvalue weighted by Crippen LogP contribution is 2.32. The van der Waals surface area contributed by atoms with Crippen molar-refractivity contribution < 1.29 is 4.39 Å². The highest BCUT2D eigenvalue weighted by Gasteiger charge is 2.19. The van der Waals surface area contributed by atoms with Crippen molar-refractivity contribution in [2.45, 2.75) is 30.3 Å². The lowest BCUT2D eigenvalue weighted by Crippen LogP contribution is -2.25. The van der Waals surface area contributed by atoms with Gasteiger partial charge in [0.25, 0.3) is 5.56 Å². The molecule has 5 rings (SSSR count). The standard InChI is InChI=1S/C25H20FN3OS2/c1-16(18-8-3-2-4-9-18)14-29-24(30)22-21(20-11-6-12-27-23(20)32-22)28-25(29)31-15-17-7-5-10-19(26)13-17/h2-13,16H,14-15H2,1H3/t16-/m1/s1. The molecule has 0 unspecified atom stereocenters. The molecule has 1 atom stereocenters. The van der Waals surface area contributed by atoms with Crippen LogP contribution in [0.2, 0.25) is 0 Å². The van der Waals surface area contributed by atoms with Gasteiger partial charge in [-0.15, -0.1) is 11.3 Å². The summed E-state index contributed by atoms with van der Waals surface area (Å²) in [5.74, 6) is 0.390. The fourth-order valence-corrected chi connectivity index (χ4v) is 5.72. The van der Waals surface area contributed by atoms with Gasteiger partial charge in [0.15, 0.2) is 5.16 Å². The zero-order chi connectivity index (χ0) is 22.1. The summed E-state index contributed by atoms with van der Waals surface area (Å²) in [6.45, 7) is 2.62. The van der Waals surface area contributed by atoms with Crippen molar-refractivity contribution in [2.24, 2.45) is 0 Å². The lowest BCUT2D eigenvalue weighted by atomic mass is 10.0. The number of hydrogen-bond acceptors (Lipinski definition) is 5. The Morgan fingerprint density at radius 2 is 1.94 bits per heavy atom. The van der Waals surface area contributed by atoms with E-state index in [0.717, 1.165) is 15.8 Å². The van der Waals surface area contributed by atoms with Crippen molar-refractivity contribution in [3.8, 4) is 0 Å². The minimum Gasteiger partial charge on any atom is -0.286 e. The van der Waals surface area contributed by atoms with Gasteiger partial charge >= 0.3 is 0 Å². The third-order valence-corrected chi connectivity index (χ3v) is 7.54. The third-order valence-electron chi connectivity index (χ3n) is 5.40. The summed E-state index contributed by atoms with van der Waals surface area (Å²) in [7, 11) is 0. The van der Waals surface area contributed by atoms with E-state index >= 15 is 0 Å². The first kappa shape index (κ1) is 20.8. The quantitative estimate of drug-likeness (QED) is 0.222. The zero-order valence-electron chi connectivity index (χ0n) is 17.4. The van der Waals surface area contributed by atoms with Crippen molar-refractivity contribution in [2.75, 3.05) is 0 Å². The van der Waals surface area contributed by atoms with E-state index in [-0.39, 0.29) is 17.3 Å². The second-order valence-corrected chi connectivity index (χ2v) is 9.62. The molecule has 2 aromatic carbocycles. The van der Waals surface area contributed by atoms with Crippen LogP contribution in [0.1, 0.15) is 24.0 Å². The molecule has 0 aliphatic carbocycles. The number of nitrogens with zero attached hydrogens (tertiary/aromatic N) is 3. The largest absolute Gasteiger partial charge is 0.286 e. The molecule has 32 heavy (non-hydrogen) atoms.